The van der Waals surface area contributed by atoms with Gasteiger partial charge in [0.05, 0.1) is 17.7 Å². The third kappa shape index (κ3) is 5.13. The number of rotatable bonds is 10. The highest BCUT2D eigenvalue weighted by Crippen LogP contribution is 2.40. The van der Waals surface area contributed by atoms with E-state index in [2.05, 4.69) is 18.7 Å². The molecule has 0 spiro atoms. The molecule has 1 unspecified atom stereocenters. The first-order chi connectivity index (χ1) is 17.2. The summed E-state index contributed by atoms with van der Waals surface area (Å²) in [5, 5.41) is 12.1. The molecule has 0 fully saturated rings. The Kier molecular flexibility index (Phi) is 7.71. The van der Waals surface area contributed by atoms with Crippen molar-refractivity contribution < 1.29 is 23.8 Å². The van der Waals surface area contributed by atoms with Gasteiger partial charge in [-0.15, -0.1) is 0 Å². The lowest BCUT2D eigenvalue weighted by Crippen LogP contribution is -2.38. The maximum Gasteiger partial charge on any atom is 0.290 e. The van der Waals surface area contributed by atoms with Gasteiger partial charge in [-0.2, -0.15) is 0 Å². The number of amides is 1. The summed E-state index contributed by atoms with van der Waals surface area (Å²) >= 11 is 6.09. The van der Waals surface area contributed by atoms with Gasteiger partial charge in [0.2, 0.25) is 5.78 Å². The number of benzene rings is 2. The number of hydrogen-bond donors (Lipinski definition) is 1. The van der Waals surface area contributed by atoms with E-state index >= 15 is 0 Å². The van der Waals surface area contributed by atoms with Crippen LogP contribution in [0.1, 0.15) is 49.9 Å². The summed E-state index contributed by atoms with van der Waals surface area (Å²) in [6.45, 7) is 10.6. The number of likely N-dealkylation sites (N-methyl/N-ethyl adjacent to an activating group) is 1. The number of aliphatic hydroxyl groups is 1. The van der Waals surface area contributed by atoms with Crippen LogP contribution < -0.4 is 4.74 Å². The Bertz CT molecular complexity index is 1310. The van der Waals surface area contributed by atoms with Crippen LogP contribution in [0.15, 0.2) is 64.3 Å². The molecule has 3 aromatic rings. The van der Waals surface area contributed by atoms with Crippen molar-refractivity contribution in [2.75, 3.05) is 26.2 Å². The van der Waals surface area contributed by atoms with E-state index < -0.39 is 23.5 Å². The summed E-state index contributed by atoms with van der Waals surface area (Å²) in [4.78, 5) is 30.7. The van der Waals surface area contributed by atoms with E-state index in [1.54, 1.807) is 29.2 Å². The molecule has 0 radical (unpaired) electrons. The van der Waals surface area contributed by atoms with Crippen LogP contribution in [0.25, 0.3) is 11.0 Å². The Hall–Kier alpha value is -3.29. The predicted octanol–water partition coefficient (Wildman–Crippen LogP) is 5.79. The Morgan fingerprint density at radius 2 is 1.92 bits per heavy atom. The first-order valence-corrected chi connectivity index (χ1v) is 12.6. The highest BCUT2D eigenvalue weighted by molar-refractivity contribution is 6.31. The van der Waals surface area contributed by atoms with Gasteiger partial charge in [-0.3, -0.25) is 9.59 Å². The molecule has 2 heterocycles. The van der Waals surface area contributed by atoms with Crippen LogP contribution in [-0.2, 0) is 4.79 Å². The van der Waals surface area contributed by atoms with Gasteiger partial charge < -0.3 is 24.1 Å². The fraction of sp³-hybridized carbons (Fsp3) is 0.357. The predicted molar refractivity (Wildman–Crippen MR) is 140 cm³/mol. The fourth-order valence-corrected chi connectivity index (χ4v) is 4.72. The Labute approximate surface area is 215 Å². The zero-order valence-electron chi connectivity index (χ0n) is 21.0. The SMILES string of the molecule is CCN(CC)CCN1C(=O)C(O)=C(C(=O)c2cc3cc(Cl)ccc3o2)C1c1cccc(OC(C)C)c1. The van der Waals surface area contributed by atoms with Crippen LogP contribution >= 0.6 is 11.6 Å². The van der Waals surface area contributed by atoms with Crippen molar-refractivity contribution in [1.29, 1.82) is 0 Å². The van der Waals surface area contributed by atoms with Crippen LogP contribution in [-0.4, -0.2) is 58.9 Å². The van der Waals surface area contributed by atoms with Crippen LogP contribution in [0.4, 0.5) is 0 Å². The first-order valence-electron chi connectivity index (χ1n) is 12.2. The van der Waals surface area contributed by atoms with E-state index in [1.165, 1.54) is 0 Å². The number of furan rings is 1. The van der Waals surface area contributed by atoms with Gasteiger partial charge in [-0.1, -0.05) is 37.6 Å². The molecule has 0 bridgehead atoms. The number of ketones is 1. The highest BCUT2D eigenvalue weighted by Gasteiger charge is 2.44. The number of ether oxygens (including phenoxy) is 1. The van der Waals surface area contributed by atoms with Crippen molar-refractivity contribution in [3.05, 3.63) is 76.2 Å². The molecule has 1 N–H and O–H groups in total. The summed E-state index contributed by atoms with van der Waals surface area (Å²) in [6.07, 6.45) is -0.0448. The van der Waals surface area contributed by atoms with E-state index in [0.29, 0.717) is 40.4 Å². The molecule has 4 rings (SSSR count). The number of halogens is 1. The number of fused-ring (bicyclic) bond motifs is 1. The third-order valence-corrected chi connectivity index (χ3v) is 6.58. The van der Waals surface area contributed by atoms with Gasteiger partial charge in [0.1, 0.15) is 11.3 Å². The van der Waals surface area contributed by atoms with Crippen LogP contribution in [0.5, 0.6) is 5.75 Å². The molecule has 1 aromatic heterocycles. The normalized spacial score (nSPS) is 16.1. The van der Waals surface area contributed by atoms with E-state index in [9.17, 15) is 14.7 Å². The molecular formula is C28H31ClN2O5. The molecular weight excluding hydrogens is 480 g/mol. The fourth-order valence-electron chi connectivity index (χ4n) is 4.54. The van der Waals surface area contributed by atoms with Gasteiger partial charge in [-0.25, -0.2) is 0 Å². The zero-order valence-corrected chi connectivity index (χ0v) is 21.7. The quantitative estimate of drug-likeness (QED) is 0.347. The van der Waals surface area contributed by atoms with Crippen LogP contribution in [0.3, 0.4) is 0 Å². The molecule has 2 aromatic carbocycles. The molecule has 7 nitrogen and oxygen atoms in total. The standard InChI is InChI=1S/C28H31ClN2O5/c1-5-30(6-2)12-13-31-25(18-8-7-9-21(15-18)35-17(3)4)24(27(33)28(31)34)26(32)23-16-19-14-20(29)10-11-22(19)36-23/h7-11,14-17,25,33H,5-6,12-13H2,1-4H3. The van der Waals surface area contributed by atoms with Gasteiger partial charge in [0.25, 0.3) is 5.91 Å². The van der Waals surface area contributed by atoms with Crippen molar-refractivity contribution >= 4 is 34.3 Å². The molecule has 1 aliphatic rings. The lowest BCUT2D eigenvalue weighted by molar-refractivity contribution is -0.129. The van der Waals surface area contributed by atoms with E-state index in [-0.39, 0.29) is 17.4 Å². The Morgan fingerprint density at radius 1 is 1.17 bits per heavy atom. The first kappa shape index (κ1) is 25.8. The molecule has 0 saturated heterocycles. The molecule has 0 saturated carbocycles. The van der Waals surface area contributed by atoms with Crippen LogP contribution in [0, 0.1) is 0 Å². The molecule has 1 aliphatic heterocycles. The van der Waals surface area contributed by atoms with E-state index in [1.807, 2.05) is 38.1 Å². The minimum absolute atomic E-state index is 0.00797. The summed E-state index contributed by atoms with van der Waals surface area (Å²) < 4.78 is 11.7. The lowest BCUT2D eigenvalue weighted by Gasteiger charge is -2.29. The maximum atomic E-state index is 13.7. The molecule has 8 heteroatoms. The average Bonchev–Trinajstić information content (AvgIpc) is 3.38. The van der Waals surface area contributed by atoms with Gasteiger partial charge >= 0.3 is 0 Å². The molecule has 1 atom stereocenters. The molecule has 36 heavy (non-hydrogen) atoms. The lowest BCUT2D eigenvalue weighted by atomic mass is 9.94. The van der Waals surface area contributed by atoms with Gasteiger partial charge in [0.15, 0.2) is 11.5 Å². The summed E-state index contributed by atoms with van der Waals surface area (Å²) in [7, 11) is 0. The van der Waals surface area contributed by atoms with Crippen LogP contribution in [0.2, 0.25) is 5.02 Å². The van der Waals surface area contributed by atoms with Crippen molar-refractivity contribution in [1.82, 2.24) is 9.80 Å². The van der Waals surface area contributed by atoms with E-state index in [4.69, 9.17) is 20.8 Å². The Morgan fingerprint density at radius 3 is 2.61 bits per heavy atom. The smallest absolute Gasteiger partial charge is 0.290 e. The maximum absolute atomic E-state index is 13.7. The van der Waals surface area contributed by atoms with Gasteiger partial charge in [0, 0.05) is 23.5 Å². The summed E-state index contributed by atoms with van der Waals surface area (Å²) in [5.41, 5.74) is 1.16. The molecule has 190 valence electrons. The number of hydrogen-bond acceptors (Lipinski definition) is 6. The average molecular weight is 511 g/mol. The molecule has 0 aliphatic carbocycles. The van der Waals surface area contributed by atoms with Crippen molar-refractivity contribution in [2.45, 2.75) is 39.8 Å². The largest absolute Gasteiger partial charge is 0.503 e. The second kappa shape index (κ2) is 10.8. The number of carbonyl (C=O) groups is 2. The topological polar surface area (TPSA) is 83.2 Å². The Balaban J connectivity index is 1.77. The second-order valence-electron chi connectivity index (χ2n) is 9.05. The van der Waals surface area contributed by atoms with Gasteiger partial charge in [-0.05, 0) is 68.9 Å². The number of nitrogens with zero attached hydrogens (tertiary/aromatic N) is 2. The zero-order chi connectivity index (χ0) is 26.0. The monoisotopic (exact) mass is 510 g/mol. The minimum Gasteiger partial charge on any atom is -0.503 e. The van der Waals surface area contributed by atoms with Crippen molar-refractivity contribution in [3.8, 4) is 5.75 Å². The third-order valence-electron chi connectivity index (χ3n) is 6.35. The second-order valence-corrected chi connectivity index (χ2v) is 9.49. The van der Waals surface area contributed by atoms with E-state index in [0.717, 1.165) is 13.1 Å². The number of carbonyl (C=O) groups excluding carboxylic acids is 2. The number of Topliss-reactive ketones (excluding diaryl/α,β-unsaturated/α-hetero) is 1. The number of aliphatic hydroxyl groups excluding tert-OH is 1. The van der Waals surface area contributed by atoms with Crippen molar-refractivity contribution in [2.24, 2.45) is 0 Å². The summed E-state index contributed by atoms with van der Waals surface area (Å²) in [5.74, 6) is -1.02. The highest BCUT2D eigenvalue weighted by atomic mass is 35.5. The molecule has 1 amide bonds. The minimum atomic E-state index is -0.784. The summed E-state index contributed by atoms with van der Waals surface area (Å²) in [6, 6.07) is 13.2. The van der Waals surface area contributed by atoms with Crippen molar-refractivity contribution in [3.63, 3.8) is 0 Å².